The van der Waals surface area contributed by atoms with Gasteiger partial charge in [0, 0.05) is 17.9 Å². The molecule has 0 bridgehead atoms. The summed E-state index contributed by atoms with van der Waals surface area (Å²) >= 11 is 3.77. The van der Waals surface area contributed by atoms with Gasteiger partial charge in [0.15, 0.2) is 0 Å². The van der Waals surface area contributed by atoms with Crippen LogP contribution in [0.1, 0.15) is 30.0 Å². The zero-order valence-corrected chi connectivity index (χ0v) is 12.6. The van der Waals surface area contributed by atoms with Crippen LogP contribution >= 0.6 is 15.9 Å². The summed E-state index contributed by atoms with van der Waals surface area (Å²) in [7, 11) is 0. The predicted molar refractivity (Wildman–Crippen MR) is 77.7 cm³/mol. The molecule has 0 N–H and O–H groups in total. The first-order chi connectivity index (χ1) is 8.08. The standard InChI is InChI=1S/C15H22BrN/c1-11-5-4-6-12(2)14(11)10-17-8-7-15(16)13(3)9-17/h4-6,13,15H,7-10H2,1-3H3. The molecule has 2 heteroatoms. The van der Waals surface area contributed by atoms with Crippen molar-refractivity contribution in [1.29, 1.82) is 0 Å². The number of benzene rings is 1. The van der Waals surface area contributed by atoms with E-state index in [1.807, 2.05) is 0 Å². The van der Waals surface area contributed by atoms with E-state index in [2.05, 4.69) is 59.8 Å². The molecule has 0 aromatic heterocycles. The fraction of sp³-hybridized carbons (Fsp3) is 0.600. The average molecular weight is 296 g/mol. The number of alkyl halides is 1. The molecule has 0 saturated carbocycles. The second-order valence-electron chi connectivity index (χ2n) is 5.39. The molecule has 0 spiro atoms. The molecular weight excluding hydrogens is 274 g/mol. The molecule has 1 aromatic rings. The molecule has 0 amide bonds. The van der Waals surface area contributed by atoms with Crippen molar-refractivity contribution >= 4 is 15.9 Å². The summed E-state index contributed by atoms with van der Waals surface area (Å²) in [6, 6.07) is 6.60. The molecule has 1 saturated heterocycles. The molecule has 1 heterocycles. The number of halogens is 1. The fourth-order valence-corrected chi connectivity index (χ4v) is 3.04. The molecule has 2 rings (SSSR count). The van der Waals surface area contributed by atoms with E-state index in [4.69, 9.17) is 0 Å². The Labute approximate surface area is 113 Å². The molecule has 1 fully saturated rings. The van der Waals surface area contributed by atoms with Gasteiger partial charge in [-0.2, -0.15) is 0 Å². The second kappa shape index (κ2) is 5.53. The number of hydrogen-bond donors (Lipinski definition) is 0. The van der Waals surface area contributed by atoms with Gasteiger partial charge in [-0.25, -0.2) is 0 Å². The molecule has 17 heavy (non-hydrogen) atoms. The van der Waals surface area contributed by atoms with Crippen molar-refractivity contribution in [2.24, 2.45) is 5.92 Å². The number of rotatable bonds is 2. The minimum atomic E-state index is 0.705. The lowest BCUT2D eigenvalue weighted by Gasteiger charge is -2.34. The van der Waals surface area contributed by atoms with Crippen molar-refractivity contribution in [3.05, 3.63) is 34.9 Å². The Balaban J connectivity index is 2.06. The maximum absolute atomic E-state index is 3.77. The molecule has 0 radical (unpaired) electrons. The average Bonchev–Trinajstić information content (AvgIpc) is 2.28. The maximum Gasteiger partial charge on any atom is 0.0239 e. The Kier molecular flexibility index (Phi) is 4.26. The zero-order valence-electron chi connectivity index (χ0n) is 11.0. The van der Waals surface area contributed by atoms with Gasteiger partial charge in [0.2, 0.25) is 0 Å². The Morgan fingerprint density at radius 2 is 1.94 bits per heavy atom. The highest BCUT2D eigenvalue weighted by Gasteiger charge is 2.24. The number of aryl methyl sites for hydroxylation is 2. The normalized spacial score (nSPS) is 26.1. The van der Waals surface area contributed by atoms with Gasteiger partial charge >= 0.3 is 0 Å². The van der Waals surface area contributed by atoms with Crippen LogP contribution in [0.4, 0.5) is 0 Å². The van der Waals surface area contributed by atoms with Crippen LogP contribution in [0.15, 0.2) is 18.2 Å². The summed E-state index contributed by atoms with van der Waals surface area (Å²) in [6.45, 7) is 10.3. The smallest absolute Gasteiger partial charge is 0.0239 e. The van der Waals surface area contributed by atoms with Crippen LogP contribution in [0.2, 0.25) is 0 Å². The molecule has 1 aromatic carbocycles. The minimum absolute atomic E-state index is 0.705. The summed E-state index contributed by atoms with van der Waals surface area (Å²) in [6.07, 6.45) is 1.27. The molecule has 2 unspecified atom stereocenters. The Morgan fingerprint density at radius 1 is 1.29 bits per heavy atom. The van der Waals surface area contributed by atoms with Crippen LogP contribution in [0.25, 0.3) is 0 Å². The minimum Gasteiger partial charge on any atom is -0.299 e. The van der Waals surface area contributed by atoms with E-state index in [0.29, 0.717) is 4.83 Å². The third kappa shape index (κ3) is 3.11. The third-order valence-electron chi connectivity index (χ3n) is 3.91. The van der Waals surface area contributed by atoms with Crippen LogP contribution in [-0.2, 0) is 6.54 Å². The van der Waals surface area contributed by atoms with Crippen LogP contribution in [0.5, 0.6) is 0 Å². The van der Waals surface area contributed by atoms with Crippen molar-refractivity contribution in [2.75, 3.05) is 13.1 Å². The summed E-state index contributed by atoms with van der Waals surface area (Å²) < 4.78 is 0. The van der Waals surface area contributed by atoms with E-state index in [0.717, 1.165) is 12.5 Å². The Morgan fingerprint density at radius 3 is 2.53 bits per heavy atom. The molecule has 0 aliphatic carbocycles. The van der Waals surface area contributed by atoms with Crippen molar-refractivity contribution in [2.45, 2.75) is 38.6 Å². The van der Waals surface area contributed by atoms with E-state index in [1.165, 1.54) is 36.2 Å². The summed E-state index contributed by atoms with van der Waals surface area (Å²) in [5.74, 6) is 0.757. The molecular formula is C15H22BrN. The highest BCUT2D eigenvalue weighted by atomic mass is 79.9. The van der Waals surface area contributed by atoms with Gasteiger partial charge in [0.25, 0.3) is 0 Å². The topological polar surface area (TPSA) is 3.24 Å². The first-order valence-electron chi connectivity index (χ1n) is 6.49. The van der Waals surface area contributed by atoms with Crippen LogP contribution in [0.3, 0.4) is 0 Å². The van der Waals surface area contributed by atoms with E-state index in [9.17, 15) is 0 Å². The summed E-state index contributed by atoms with van der Waals surface area (Å²) in [5.41, 5.74) is 4.38. The van der Waals surface area contributed by atoms with Crippen LogP contribution < -0.4 is 0 Å². The third-order valence-corrected chi connectivity index (χ3v) is 5.27. The first-order valence-corrected chi connectivity index (χ1v) is 7.41. The van der Waals surface area contributed by atoms with Gasteiger partial charge in [-0.1, -0.05) is 41.1 Å². The lowest BCUT2D eigenvalue weighted by molar-refractivity contribution is 0.183. The van der Waals surface area contributed by atoms with Crippen LogP contribution in [0, 0.1) is 19.8 Å². The highest BCUT2D eigenvalue weighted by Crippen LogP contribution is 2.25. The van der Waals surface area contributed by atoms with E-state index in [-0.39, 0.29) is 0 Å². The van der Waals surface area contributed by atoms with Gasteiger partial charge in [-0.3, -0.25) is 4.90 Å². The zero-order chi connectivity index (χ0) is 12.4. The largest absolute Gasteiger partial charge is 0.299 e. The Hall–Kier alpha value is -0.340. The number of piperidine rings is 1. The quantitative estimate of drug-likeness (QED) is 0.748. The lowest BCUT2D eigenvalue weighted by Crippen LogP contribution is -2.39. The maximum atomic E-state index is 3.77. The van der Waals surface area contributed by atoms with Crippen molar-refractivity contribution in [3.8, 4) is 0 Å². The summed E-state index contributed by atoms with van der Waals surface area (Å²) in [4.78, 5) is 3.30. The van der Waals surface area contributed by atoms with Gasteiger partial charge in [0.05, 0.1) is 0 Å². The highest BCUT2D eigenvalue weighted by molar-refractivity contribution is 9.09. The molecule has 94 valence electrons. The van der Waals surface area contributed by atoms with E-state index >= 15 is 0 Å². The molecule has 1 aliphatic rings. The monoisotopic (exact) mass is 295 g/mol. The SMILES string of the molecule is Cc1cccc(C)c1CN1CCC(Br)C(C)C1. The molecule has 2 atom stereocenters. The Bertz CT molecular complexity index is 368. The van der Waals surface area contributed by atoms with E-state index < -0.39 is 0 Å². The van der Waals surface area contributed by atoms with Gasteiger partial charge in [0.1, 0.15) is 0 Å². The van der Waals surface area contributed by atoms with Crippen LogP contribution in [-0.4, -0.2) is 22.8 Å². The number of hydrogen-bond acceptors (Lipinski definition) is 1. The van der Waals surface area contributed by atoms with Crippen molar-refractivity contribution in [1.82, 2.24) is 4.90 Å². The summed E-state index contributed by atoms with van der Waals surface area (Å²) in [5, 5.41) is 0. The van der Waals surface area contributed by atoms with Crippen molar-refractivity contribution < 1.29 is 0 Å². The predicted octanol–water partition coefficient (Wildman–Crippen LogP) is 3.91. The lowest BCUT2D eigenvalue weighted by atomic mass is 9.97. The second-order valence-corrected chi connectivity index (χ2v) is 6.56. The van der Waals surface area contributed by atoms with E-state index in [1.54, 1.807) is 0 Å². The first kappa shape index (κ1) is 13.1. The molecule has 1 nitrogen and oxygen atoms in total. The van der Waals surface area contributed by atoms with Gasteiger partial charge in [-0.15, -0.1) is 0 Å². The van der Waals surface area contributed by atoms with Crippen molar-refractivity contribution in [3.63, 3.8) is 0 Å². The number of likely N-dealkylation sites (tertiary alicyclic amines) is 1. The van der Waals surface area contributed by atoms with Gasteiger partial charge in [-0.05, 0) is 49.4 Å². The fourth-order valence-electron chi connectivity index (χ4n) is 2.67. The number of nitrogens with zero attached hydrogens (tertiary/aromatic N) is 1. The molecule has 1 aliphatic heterocycles. The van der Waals surface area contributed by atoms with Gasteiger partial charge < -0.3 is 0 Å².